The van der Waals surface area contributed by atoms with Crippen LogP contribution in [-0.4, -0.2) is 32.8 Å². The minimum atomic E-state index is 0.0871. The van der Waals surface area contributed by atoms with Gasteiger partial charge in [-0.3, -0.25) is 0 Å². The summed E-state index contributed by atoms with van der Waals surface area (Å²) in [5, 5.41) is 6.89. The average Bonchev–Trinajstić information content (AvgIpc) is 2.75. The number of rotatable bonds is 6. The van der Waals surface area contributed by atoms with Crippen LogP contribution in [0.2, 0.25) is 0 Å². The molecule has 2 heterocycles. The maximum absolute atomic E-state index is 5.49. The Kier molecular flexibility index (Phi) is 4.27. The second kappa shape index (κ2) is 6.12. The van der Waals surface area contributed by atoms with Gasteiger partial charge in [0.15, 0.2) is 5.82 Å². The van der Waals surface area contributed by atoms with Gasteiger partial charge in [-0.2, -0.15) is 4.98 Å². The summed E-state index contributed by atoms with van der Waals surface area (Å²) in [6.45, 7) is 6.35. The van der Waals surface area contributed by atoms with E-state index in [-0.39, 0.29) is 6.10 Å². The number of ether oxygens (including phenoxy) is 1. The first kappa shape index (κ1) is 13.3. The molecule has 19 heavy (non-hydrogen) atoms. The molecule has 2 aromatic heterocycles. The van der Waals surface area contributed by atoms with Crippen molar-refractivity contribution in [3.63, 3.8) is 0 Å². The van der Waals surface area contributed by atoms with Gasteiger partial charge in [0.05, 0.1) is 6.10 Å². The summed E-state index contributed by atoms with van der Waals surface area (Å²) >= 11 is 0. The zero-order chi connectivity index (χ0) is 13.7. The number of aryl methyl sites for hydroxylation is 1. The molecular weight excluding hydrogens is 246 g/mol. The Hall–Kier alpha value is -2.18. The lowest BCUT2D eigenvalue weighted by atomic mass is 10.4. The van der Waals surface area contributed by atoms with E-state index < -0.39 is 0 Å². The number of aromatic nitrogens is 4. The van der Waals surface area contributed by atoms with Crippen LogP contribution in [0.15, 0.2) is 16.9 Å². The van der Waals surface area contributed by atoms with Gasteiger partial charge in [0.2, 0.25) is 11.8 Å². The Morgan fingerprint density at radius 3 is 2.89 bits per heavy atom. The van der Waals surface area contributed by atoms with E-state index in [0.29, 0.717) is 36.4 Å². The van der Waals surface area contributed by atoms with Gasteiger partial charge in [0, 0.05) is 19.0 Å². The number of hydrogen-bond acceptors (Lipinski definition) is 7. The summed E-state index contributed by atoms with van der Waals surface area (Å²) in [5.74, 6) is 2.52. The molecule has 1 N–H and O–H groups in total. The van der Waals surface area contributed by atoms with Gasteiger partial charge in [0.1, 0.15) is 12.1 Å². The molecule has 0 fully saturated rings. The Morgan fingerprint density at radius 2 is 2.21 bits per heavy atom. The fourth-order valence-electron chi connectivity index (χ4n) is 1.48. The predicted octanol–water partition coefficient (Wildman–Crippen LogP) is 1.61. The fraction of sp³-hybridized carbons (Fsp3) is 0.500. The highest BCUT2D eigenvalue weighted by Crippen LogP contribution is 2.12. The maximum atomic E-state index is 5.49. The molecule has 0 saturated carbocycles. The average molecular weight is 263 g/mol. The van der Waals surface area contributed by atoms with E-state index >= 15 is 0 Å². The first-order valence-electron chi connectivity index (χ1n) is 6.15. The van der Waals surface area contributed by atoms with Gasteiger partial charge in [-0.05, 0) is 20.8 Å². The van der Waals surface area contributed by atoms with Gasteiger partial charge in [-0.15, -0.1) is 0 Å². The van der Waals surface area contributed by atoms with Crippen molar-refractivity contribution >= 4 is 5.82 Å². The molecule has 7 nitrogen and oxygen atoms in total. The zero-order valence-electron chi connectivity index (χ0n) is 11.3. The van der Waals surface area contributed by atoms with Gasteiger partial charge in [0.25, 0.3) is 0 Å². The maximum Gasteiger partial charge on any atom is 0.228 e. The van der Waals surface area contributed by atoms with Crippen LogP contribution in [-0.2, 0) is 6.42 Å². The van der Waals surface area contributed by atoms with Crippen molar-refractivity contribution in [1.82, 2.24) is 20.1 Å². The lowest BCUT2D eigenvalue weighted by molar-refractivity contribution is 0.232. The van der Waals surface area contributed by atoms with Crippen LogP contribution < -0.4 is 10.1 Å². The summed E-state index contributed by atoms with van der Waals surface area (Å²) < 4.78 is 10.5. The SMILES string of the molecule is Cc1noc(CCNc2cc(OC(C)C)ncn2)n1. The molecule has 0 aromatic carbocycles. The molecule has 0 amide bonds. The summed E-state index contributed by atoms with van der Waals surface area (Å²) in [7, 11) is 0. The highest BCUT2D eigenvalue weighted by molar-refractivity contribution is 5.37. The summed E-state index contributed by atoms with van der Waals surface area (Å²) in [6.07, 6.45) is 2.20. The highest BCUT2D eigenvalue weighted by Gasteiger charge is 2.04. The number of nitrogens with one attached hydrogen (secondary N) is 1. The van der Waals surface area contributed by atoms with E-state index in [1.54, 1.807) is 13.0 Å². The topological polar surface area (TPSA) is 86.0 Å². The number of hydrogen-bond donors (Lipinski definition) is 1. The van der Waals surface area contributed by atoms with Crippen LogP contribution in [0.25, 0.3) is 0 Å². The molecule has 0 aliphatic rings. The monoisotopic (exact) mass is 263 g/mol. The van der Waals surface area contributed by atoms with Gasteiger partial charge >= 0.3 is 0 Å². The van der Waals surface area contributed by atoms with Gasteiger partial charge < -0.3 is 14.6 Å². The van der Waals surface area contributed by atoms with E-state index in [9.17, 15) is 0 Å². The molecule has 2 aromatic rings. The summed E-state index contributed by atoms with van der Waals surface area (Å²) in [5.41, 5.74) is 0. The molecular formula is C12H17N5O2. The van der Waals surface area contributed by atoms with E-state index in [4.69, 9.17) is 9.26 Å². The second-order valence-electron chi connectivity index (χ2n) is 4.32. The second-order valence-corrected chi connectivity index (χ2v) is 4.32. The highest BCUT2D eigenvalue weighted by atomic mass is 16.5. The third kappa shape index (κ3) is 4.20. The van der Waals surface area contributed by atoms with E-state index in [2.05, 4.69) is 25.4 Å². The standard InChI is InChI=1S/C12H17N5O2/c1-8(2)18-12-6-10(14-7-15-12)13-5-4-11-16-9(3)17-19-11/h6-8H,4-5H2,1-3H3,(H,13,14,15). The van der Waals surface area contributed by atoms with Crippen molar-refractivity contribution in [2.75, 3.05) is 11.9 Å². The van der Waals surface area contributed by atoms with Crippen molar-refractivity contribution in [3.8, 4) is 5.88 Å². The van der Waals surface area contributed by atoms with E-state index in [1.807, 2.05) is 13.8 Å². The van der Waals surface area contributed by atoms with Crippen LogP contribution in [0, 0.1) is 6.92 Å². The van der Waals surface area contributed by atoms with Crippen molar-refractivity contribution in [3.05, 3.63) is 24.1 Å². The van der Waals surface area contributed by atoms with E-state index in [0.717, 1.165) is 0 Å². The lowest BCUT2D eigenvalue weighted by Crippen LogP contribution is -2.09. The van der Waals surface area contributed by atoms with Gasteiger partial charge in [-0.1, -0.05) is 5.16 Å². The summed E-state index contributed by atoms with van der Waals surface area (Å²) in [4.78, 5) is 12.3. The molecule has 0 radical (unpaired) electrons. The van der Waals surface area contributed by atoms with Crippen LogP contribution in [0.4, 0.5) is 5.82 Å². The molecule has 0 atom stereocenters. The number of nitrogens with zero attached hydrogens (tertiary/aromatic N) is 4. The van der Waals surface area contributed by atoms with E-state index in [1.165, 1.54) is 6.33 Å². The zero-order valence-corrected chi connectivity index (χ0v) is 11.3. The molecule has 2 rings (SSSR count). The quantitative estimate of drug-likeness (QED) is 0.847. The molecule has 0 unspecified atom stereocenters. The lowest BCUT2D eigenvalue weighted by Gasteiger charge is -2.09. The molecule has 0 saturated heterocycles. The molecule has 0 aliphatic heterocycles. The first-order chi connectivity index (χ1) is 9.13. The van der Waals surface area contributed by atoms with Gasteiger partial charge in [-0.25, -0.2) is 9.97 Å². The third-order valence-corrected chi connectivity index (χ3v) is 2.21. The third-order valence-electron chi connectivity index (χ3n) is 2.21. The molecule has 7 heteroatoms. The van der Waals surface area contributed by atoms with Crippen molar-refractivity contribution in [2.45, 2.75) is 33.3 Å². The Morgan fingerprint density at radius 1 is 1.37 bits per heavy atom. The molecule has 0 aliphatic carbocycles. The van der Waals surface area contributed by atoms with Crippen molar-refractivity contribution in [1.29, 1.82) is 0 Å². The Bertz CT molecular complexity index is 526. The smallest absolute Gasteiger partial charge is 0.228 e. The largest absolute Gasteiger partial charge is 0.475 e. The van der Waals surface area contributed by atoms with Crippen molar-refractivity contribution in [2.24, 2.45) is 0 Å². The van der Waals surface area contributed by atoms with Crippen molar-refractivity contribution < 1.29 is 9.26 Å². The normalized spacial score (nSPS) is 10.7. The van der Waals surface area contributed by atoms with Crippen LogP contribution in [0.5, 0.6) is 5.88 Å². The summed E-state index contributed by atoms with van der Waals surface area (Å²) in [6, 6.07) is 1.76. The van der Waals surface area contributed by atoms with Crippen LogP contribution >= 0.6 is 0 Å². The number of anilines is 1. The minimum Gasteiger partial charge on any atom is -0.475 e. The Labute approximate surface area is 111 Å². The minimum absolute atomic E-state index is 0.0871. The first-order valence-corrected chi connectivity index (χ1v) is 6.15. The fourth-order valence-corrected chi connectivity index (χ4v) is 1.48. The Balaban J connectivity index is 1.85. The predicted molar refractivity (Wildman–Crippen MR) is 69.0 cm³/mol. The molecule has 102 valence electrons. The van der Waals surface area contributed by atoms with Crippen LogP contribution in [0.3, 0.4) is 0 Å². The molecule has 0 spiro atoms. The van der Waals surface area contributed by atoms with Crippen LogP contribution in [0.1, 0.15) is 25.6 Å². The molecule has 0 bridgehead atoms.